The first-order valence-corrected chi connectivity index (χ1v) is 26.9. The summed E-state index contributed by atoms with van der Waals surface area (Å²) < 4.78 is 16.7. The lowest BCUT2D eigenvalue weighted by Crippen LogP contribution is -2.36. The first-order valence-electron chi connectivity index (χ1n) is 24.4. The Labute approximate surface area is 383 Å². The van der Waals surface area contributed by atoms with Crippen LogP contribution in [0.25, 0.3) is 0 Å². The van der Waals surface area contributed by atoms with Gasteiger partial charge in [0.1, 0.15) is 5.75 Å². The molecule has 345 valence electrons. The van der Waals surface area contributed by atoms with Gasteiger partial charge in [-0.2, -0.15) is 0 Å². The summed E-state index contributed by atoms with van der Waals surface area (Å²) in [5.74, 6) is 3.56. The maximum atomic E-state index is 12.5. The summed E-state index contributed by atoms with van der Waals surface area (Å²) in [5.41, 5.74) is 1.84. The van der Waals surface area contributed by atoms with Gasteiger partial charge in [-0.25, -0.2) is 0 Å². The largest absolute Gasteiger partial charge is 0.465 e. The van der Waals surface area contributed by atoms with Crippen molar-refractivity contribution in [3.05, 3.63) is 77.9 Å². The minimum atomic E-state index is -0.204. The number of allylic oxidation sites excluding steroid dienone is 2. The molecule has 0 N–H and O–H groups in total. The van der Waals surface area contributed by atoms with Gasteiger partial charge in [-0.1, -0.05) is 128 Å². The fourth-order valence-electron chi connectivity index (χ4n) is 8.30. The number of hydrogen-bond donors (Lipinski definition) is 0. The van der Waals surface area contributed by atoms with Gasteiger partial charge in [0.15, 0.2) is 0 Å². The van der Waals surface area contributed by atoms with E-state index in [9.17, 15) is 14.4 Å². The second kappa shape index (κ2) is 33.7. The van der Waals surface area contributed by atoms with Crippen LogP contribution in [0, 0.1) is 17.9 Å². The summed E-state index contributed by atoms with van der Waals surface area (Å²) in [6.07, 6.45) is 28.3. The number of unbranched alkanes of at least 4 members (excludes halogenated alkanes) is 11. The monoisotopic (exact) mass is 892 g/mol. The standard InChI is InChI=1S/C52H79N2O6S2/c1-2-3-4-5-6-7-8-9-10-11-12-13-14-15-19-22-50(55)60-49-25-23-48(24-26-49)44-52(57)59-40-32-46-29-35-54(36-30-46)38-42-62-61-41-37-53-33-27-45(28-34-53)31-39-58-51(56)43-47-20-17-16-18-21-47/h9-10,17-18,20-21,23-26,45-46H,2-8,11-15,19,22,27-44H2,1H3/b10-9-. The van der Waals surface area contributed by atoms with Crippen molar-refractivity contribution in [2.45, 2.75) is 148 Å². The number of benzene rings is 2. The van der Waals surface area contributed by atoms with Crippen LogP contribution >= 0.6 is 21.6 Å². The van der Waals surface area contributed by atoms with Crippen molar-refractivity contribution in [1.82, 2.24) is 9.80 Å². The molecule has 2 fully saturated rings. The minimum absolute atomic E-state index is 0.139. The Balaban J connectivity index is 0.899. The zero-order valence-electron chi connectivity index (χ0n) is 38.2. The highest BCUT2D eigenvalue weighted by Crippen LogP contribution is 2.26. The van der Waals surface area contributed by atoms with Crippen LogP contribution in [0.15, 0.2) is 60.7 Å². The van der Waals surface area contributed by atoms with Crippen molar-refractivity contribution < 1.29 is 28.6 Å². The van der Waals surface area contributed by atoms with Gasteiger partial charge in [-0.05, 0) is 138 Å². The van der Waals surface area contributed by atoms with E-state index in [0.29, 0.717) is 43.6 Å². The van der Waals surface area contributed by atoms with Crippen molar-refractivity contribution in [2.24, 2.45) is 11.8 Å². The second-order valence-corrected chi connectivity index (χ2v) is 20.1. The molecule has 2 saturated heterocycles. The van der Waals surface area contributed by atoms with E-state index in [1.165, 1.54) is 70.6 Å². The molecular weight excluding hydrogens is 813 g/mol. The van der Waals surface area contributed by atoms with Crippen molar-refractivity contribution in [3.63, 3.8) is 0 Å². The van der Waals surface area contributed by atoms with E-state index in [4.69, 9.17) is 14.2 Å². The van der Waals surface area contributed by atoms with Gasteiger partial charge in [0.2, 0.25) is 0 Å². The molecule has 62 heavy (non-hydrogen) atoms. The van der Waals surface area contributed by atoms with Gasteiger partial charge in [0, 0.05) is 31.0 Å². The molecule has 8 nitrogen and oxygen atoms in total. The fourth-order valence-corrected chi connectivity index (χ4v) is 10.4. The summed E-state index contributed by atoms with van der Waals surface area (Å²) in [7, 11) is 4.00. The van der Waals surface area contributed by atoms with Crippen molar-refractivity contribution in [2.75, 3.05) is 64.0 Å². The first-order chi connectivity index (χ1) is 30.5. The Hall–Kier alpha value is -2.79. The van der Waals surface area contributed by atoms with Gasteiger partial charge in [0.25, 0.3) is 0 Å². The van der Waals surface area contributed by atoms with Crippen molar-refractivity contribution in [3.8, 4) is 5.75 Å². The third kappa shape index (κ3) is 24.9. The lowest BCUT2D eigenvalue weighted by atomic mass is 9.94. The average Bonchev–Trinajstić information content (AvgIpc) is 3.28. The zero-order chi connectivity index (χ0) is 43.7. The third-order valence-electron chi connectivity index (χ3n) is 12.3. The average molecular weight is 892 g/mol. The molecule has 10 heteroatoms. The molecule has 1 radical (unpaired) electrons. The lowest BCUT2D eigenvalue weighted by Gasteiger charge is -2.32. The topological polar surface area (TPSA) is 85.4 Å². The number of piperidine rings is 2. The molecule has 0 bridgehead atoms. The van der Waals surface area contributed by atoms with E-state index < -0.39 is 0 Å². The Morgan fingerprint density at radius 3 is 1.60 bits per heavy atom. The Kier molecular flexibility index (Phi) is 28.2. The van der Waals surface area contributed by atoms with E-state index in [0.717, 1.165) is 113 Å². The van der Waals surface area contributed by atoms with E-state index in [1.807, 2.05) is 58.0 Å². The molecule has 2 aliphatic rings. The maximum absolute atomic E-state index is 12.5. The molecule has 2 heterocycles. The van der Waals surface area contributed by atoms with Gasteiger partial charge in [0.05, 0.1) is 26.1 Å². The van der Waals surface area contributed by atoms with Gasteiger partial charge >= 0.3 is 17.9 Å². The van der Waals surface area contributed by atoms with E-state index in [1.54, 1.807) is 12.1 Å². The highest BCUT2D eigenvalue weighted by atomic mass is 33.1. The molecule has 0 saturated carbocycles. The molecule has 2 aromatic rings. The molecule has 0 spiro atoms. The minimum Gasteiger partial charge on any atom is -0.465 e. The second-order valence-electron chi connectivity index (χ2n) is 17.4. The number of esters is 3. The quantitative estimate of drug-likeness (QED) is 0.0227. The molecular formula is C52H79N2O6S2. The Bertz CT molecular complexity index is 1490. The molecule has 2 aromatic carbocycles. The number of carbonyl (C=O) groups is 3. The van der Waals surface area contributed by atoms with Crippen LogP contribution in [0.2, 0.25) is 0 Å². The summed E-state index contributed by atoms with van der Waals surface area (Å²) in [4.78, 5) is 42.2. The molecule has 0 aliphatic carbocycles. The smallest absolute Gasteiger partial charge is 0.311 e. The van der Waals surface area contributed by atoms with Crippen LogP contribution < -0.4 is 4.74 Å². The predicted octanol–water partition coefficient (Wildman–Crippen LogP) is 11.9. The lowest BCUT2D eigenvalue weighted by molar-refractivity contribution is -0.144. The number of hydrogen-bond acceptors (Lipinski definition) is 10. The normalized spacial score (nSPS) is 15.6. The van der Waals surface area contributed by atoms with E-state index in [2.05, 4.69) is 34.9 Å². The van der Waals surface area contributed by atoms with Crippen LogP contribution in [0.3, 0.4) is 0 Å². The molecule has 0 atom stereocenters. The molecule has 4 rings (SSSR count). The van der Waals surface area contributed by atoms with Gasteiger partial charge < -0.3 is 24.0 Å². The maximum Gasteiger partial charge on any atom is 0.311 e. The van der Waals surface area contributed by atoms with E-state index in [-0.39, 0.29) is 24.3 Å². The number of rotatable bonds is 33. The van der Waals surface area contributed by atoms with Crippen molar-refractivity contribution in [1.29, 1.82) is 0 Å². The Morgan fingerprint density at radius 1 is 0.613 bits per heavy atom. The number of carbonyl (C=O) groups excluding carboxylic acids is 3. The molecule has 2 aliphatic heterocycles. The zero-order valence-corrected chi connectivity index (χ0v) is 39.8. The number of nitrogens with zero attached hydrogens (tertiary/aromatic N) is 2. The molecule has 0 unspecified atom stereocenters. The highest BCUT2D eigenvalue weighted by Gasteiger charge is 2.21. The highest BCUT2D eigenvalue weighted by molar-refractivity contribution is 8.76. The number of ether oxygens (including phenoxy) is 3. The summed E-state index contributed by atoms with van der Waals surface area (Å²) in [6, 6.07) is 17.7. The molecule has 0 aromatic heterocycles. The van der Waals surface area contributed by atoms with Crippen molar-refractivity contribution >= 4 is 39.5 Å². The Morgan fingerprint density at radius 2 is 1.08 bits per heavy atom. The number of likely N-dealkylation sites (tertiary alicyclic amines) is 2. The van der Waals surface area contributed by atoms with Crippen LogP contribution in [0.1, 0.15) is 146 Å². The predicted molar refractivity (Wildman–Crippen MR) is 259 cm³/mol. The fraction of sp³-hybridized carbons (Fsp3) is 0.673. The van der Waals surface area contributed by atoms with Crippen LogP contribution in [0.4, 0.5) is 0 Å². The first kappa shape index (κ1) is 51.8. The summed E-state index contributed by atoms with van der Waals surface area (Å²) in [5, 5.41) is 0. The van der Waals surface area contributed by atoms with Crippen LogP contribution in [-0.4, -0.2) is 91.7 Å². The summed E-state index contributed by atoms with van der Waals surface area (Å²) >= 11 is 0. The van der Waals surface area contributed by atoms with Crippen LogP contribution in [-0.2, 0) is 36.7 Å². The van der Waals surface area contributed by atoms with E-state index >= 15 is 0 Å². The van der Waals surface area contributed by atoms with Gasteiger partial charge in [-0.15, -0.1) is 0 Å². The van der Waals surface area contributed by atoms with Gasteiger partial charge in [-0.3, -0.25) is 14.4 Å². The summed E-state index contributed by atoms with van der Waals surface area (Å²) in [6.45, 7) is 10.1. The molecule has 0 amide bonds. The van der Waals surface area contributed by atoms with Crippen LogP contribution in [0.5, 0.6) is 5.75 Å². The third-order valence-corrected chi connectivity index (χ3v) is 14.7. The SMILES string of the molecule is CCCCCCCC/C=C\CCCCCCCC(=O)Oc1ccc(CC(=O)OCCC2CCN(CCSSCCN3CCC(CCOC(=O)Cc4cc[c]cc4)CC3)CC2)cc1.